The van der Waals surface area contributed by atoms with E-state index < -0.39 is 0 Å². The molecule has 1 aromatic rings. The van der Waals surface area contributed by atoms with E-state index in [-0.39, 0.29) is 0 Å². The summed E-state index contributed by atoms with van der Waals surface area (Å²) in [5.41, 5.74) is 0. The lowest BCUT2D eigenvalue weighted by Crippen LogP contribution is -2.37. The molecule has 0 bridgehead atoms. The second-order valence-electron chi connectivity index (χ2n) is 4.85. The zero-order valence-electron chi connectivity index (χ0n) is 13.0. The first-order chi connectivity index (χ1) is 9.65. The molecule has 0 aromatic carbocycles. The minimum absolute atomic E-state index is 0.305. The van der Waals surface area contributed by atoms with E-state index in [0.717, 1.165) is 38.5 Å². The summed E-state index contributed by atoms with van der Waals surface area (Å²) >= 11 is 1.86. The zero-order valence-corrected chi connectivity index (χ0v) is 13.8. The maximum atomic E-state index is 5.50. The smallest absolute Gasteiger partial charge is 0.191 e. The Morgan fingerprint density at radius 2 is 2.05 bits per heavy atom. The van der Waals surface area contributed by atoms with E-state index in [0.29, 0.717) is 6.10 Å². The Balaban J connectivity index is 2.19. The van der Waals surface area contributed by atoms with Gasteiger partial charge >= 0.3 is 0 Å². The summed E-state index contributed by atoms with van der Waals surface area (Å²) < 4.78 is 5.50. The molecule has 1 rings (SSSR count). The van der Waals surface area contributed by atoms with Gasteiger partial charge in [0.05, 0.1) is 12.6 Å². The maximum absolute atomic E-state index is 5.50. The first-order valence-corrected chi connectivity index (χ1v) is 8.11. The summed E-state index contributed by atoms with van der Waals surface area (Å²) in [5, 5.41) is 6.63. The Kier molecular flexibility index (Phi) is 8.30. The molecule has 1 aromatic heterocycles. The van der Waals surface area contributed by atoms with Crippen molar-refractivity contribution in [2.24, 2.45) is 4.99 Å². The predicted molar refractivity (Wildman–Crippen MR) is 87.6 cm³/mol. The van der Waals surface area contributed by atoms with Crippen molar-refractivity contribution in [3.63, 3.8) is 0 Å². The first kappa shape index (κ1) is 17.0. The van der Waals surface area contributed by atoms with Crippen LogP contribution in [0, 0.1) is 0 Å². The van der Waals surface area contributed by atoms with Crippen LogP contribution in [-0.2, 0) is 17.7 Å². The third-order valence-corrected chi connectivity index (χ3v) is 4.01. The van der Waals surface area contributed by atoms with Crippen molar-refractivity contribution in [1.29, 1.82) is 0 Å². The summed E-state index contributed by atoms with van der Waals surface area (Å²) in [6, 6.07) is 4.38. The fourth-order valence-electron chi connectivity index (χ4n) is 1.70. The number of aryl methyl sites for hydroxylation is 1. The van der Waals surface area contributed by atoms with Crippen LogP contribution in [0.25, 0.3) is 0 Å². The second-order valence-corrected chi connectivity index (χ2v) is 6.10. The molecule has 0 aliphatic rings. The van der Waals surface area contributed by atoms with Crippen molar-refractivity contribution >= 4 is 17.3 Å². The van der Waals surface area contributed by atoms with Crippen molar-refractivity contribution in [2.75, 3.05) is 20.2 Å². The van der Waals surface area contributed by atoms with E-state index in [1.165, 1.54) is 9.75 Å². The molecule has 0 amide bonds. The topological polar surface area (TPSA) is 45.7 Å². The van der Waals surface area contributed by atoms with Crippen molar-refractivity contribution < 1.29 is 4.74 Å². The lowest BCUT2D eigenvalue weighted by molar-refractivity contribution is 0.0776. The van der Waals surface area contributed by atoms with Gasteiger partial charge in [0, 0.05) is 30.0 Å². The van der Waals surface area contributed by atoms with E-state index in [9.17, 15) is 0 Å². The van der Waals surface area contributed by atoms with Gasteiger partial charge < -0.3 is 15.4 Å². The zero-order chi connectivity index (χ0) is 14.8. The number of hydrogen-bond acceptors (Lipinski definition) is 3. The van der Waals surface area contributed by atoms with Gasteiger partial charge in [0.1, 0.15) is 0 Å². The number of nitrogens with one attached hydrogen (secondary N) is 2. The molecule has 0 atom stereocenters. The largest absolute Gasteiger partial charge is 0.379 e. The summed E-state index contributed by atoms with van der Waals surface area (Å²) in [6.07, 6.45) is 2.39. The van der Waals surface area contributed by atoms with Crippen LogP contribution in [0.1, 0.15) is 36.9 Å². The van der Waals surface area contributed by atoms with Gasteiger partial charge in [-0.2, -0.15) is 0 Å². The molecule has 0 unspecified atom stereocenters. The van der Waals surface area contributed by atoms with E-state index in [2.05, 4.69) is 48.5 Å². The lowest BCUT2D eigenvalue weighted by Gasteiger charge is -2.12. The van der Waals surface area contributed by atoms with Crippen LogP contribution in [0.15, 0.2) is 17.1 Å². The number of ether oxygens (including phenoxy) is 1. The van der Waals surface area contributed by atoms with Gasteiger partial charge in [-0.05, 0) is 38.8 Å². The molecule has 0 saturated carbocycles. The van der Waals surface area contributed by atoms with Crippen LogP contribution in [0.3, 0.4) is 0 Å². The highest BCUT2D eigenvalue weighted by Gasteiger charge is 2.01. The van der Waals surface area contributed by atoms with Gasteiger partial charge in [-0.15, -0.1) is 11.3 Å². The molecule has 5 heteroatoms. The standard InChI is InChI=1S/C15H27N3OS/c1-5-13-7-8-14(20-13)11-18-15(16-4)17-9-6-10-19-12(2)3/h7-8,12H,5-6,9-11H2,1-4H3,(H2,16,17,18). The number of aliphatic imine (C=N–C) groups is 1. The molecule has 4 nitrogen and oxygen atoms in total. The molecule has 0 spiro atoms. The molecule has 0 radical (unpaired) electrons. The Morgan fingerprint density at radius 3 is 2.65 bits per heavy atom. The fourth-order valence-corrected chi connectivity index (χ4v) is 2.59. The summed E-state index contributed by atoms with van der Waals surface area (Å²) in [4.78, 5) is 6.99. The molecule has 0 aliphatic heterocycles. The number of thiophene rings is 1. The SMILES string of the molecule is CCc1ccc(CNC(=NC)NCCCOC(C)C)s1. The Bertz CT molecular complexity index is 402. The van der Waals surface area contributed by atoms with Crippen LogP contribution in [-0.4, -0.2) is 32.3 Å². The third kappa shape index (κ3) is 6.91. The quantitative estimate of drug-likeness (QED) is 0.440. The van der Waals surface area contributed by atoms with E-state index in [1.807, 2.05) is 11.3 Å². The van der Waals surface area contributed by atoms with E-state index in [1.54, 1.807) is 7.05 Å². The number of hydrogen-bond donors (Lipinski definition) is 2. The minimum atomic E-state index is 0.305. The summed E-state index contributed by atoms with van der Waals surface area (Å²) in [7, 11) is 1.80. The maximum Gasteiger partial charge on any atom is 0.191 e. The highest BCUT2D eigenvalue weighted by Crippen LogP contribution is 2.16. The van der Waals surface area contributed by atoms with Crippen molar-refractivity contribution in [1.82, 2.24) is 10.6 Å². The Morgan fingerprint density at radius 1 is 1.30 bits per heavy atom. The van der Waals surface area contributed by atoms with Gasteiger partial charge in [0.2, 0.25) is 0 Å². The molecule has 114 valence electrons. The minimum Gasteiger partial charge on any atom is -0.379 e. The predicted octanol–water partition coefficient (Wildman–Crippen LogP) is 2.79. The highest BCUT2D eigenvalue weighted by molar-refractivity contribution is 7.11. The molecule has 0 aliphatic carbocycles. The van der Waals surface area contributed by atoms with Crippen molar-refractivity contribution in [3.8, 4) is 0 Å². The highest BCUT2D eigenvalue weighted by atomic mass is 32.1. The molecule has 0 saturated heterocycles. The number of nitrogens with zero attached hydrogens (tertiary/aromatic N) is 1. The van der Waals surface area contributed by atoms with Gasteiger partial charge in [-0.3, -0.25) is 4.99 Å². The molecule has 20 heavy (non-hydrogen) atoms. The van der Waals surface area contributed by atoms with Crippen molar-refractivity contribution in [3.05, 3.63) is 21.9 Å². The van der Waals surface area contributed by atoms with Crippen LogP contribution >= 0.6 is 11.3 Å². The summed E-state index contributed by atoms with van der Waals surface area (Å²) in [5.74, 6) is 0.848. The van der Waals surface area contributed by atoms with E-state index >= 15 is 0 Å². The van der Waals surface area contributed by atoms with Crippen LogP contribution in [0.4, 0.5) is 0 Å². The number of guanidine groups is 1. The molecular weight excluding hydrogens is 270 g/mol. The first-order valence-electron chi connectivity index (χ1n) is 7.29. The Labute approximate surface area is 126 Å². The average Bonchev–Trinajstić information content (AvgIpc) is 2.89. The third-order valence-electron chi connectivity index (χ3n) is 2.78. The van der Waals surface area contributed by atoms with Crippen LogP contribution in [0.2, 0.25) is 0 Å². The van der Waals surface area contributed by atoms with Crippen LogP contribution < -0.4 is 10.6 Å². The van der Waals surface area contributed by atoms with Gasteiger partial charge in [-0.25, -0.2) is 0 Å². The van der Waals surface area contributed by atoms with Gasteiger partial charge in [0.25, 0.3) is 0 Å². The van der Waals surface area contributed by atoms with E-state index in [4.69, 9.17) is 4.74 Å². The number of rotatable bonds is 8. The second kappa shape index (κ2) is 9.77. The molecule has 1 heterocycles. The lowest BCUT2D eigenvalue weighted by atomic mass is 10.3. The Hall–Kier alpha value is -1.07. The van der Waals surface area contributed by atoms with Gasteiger partial charge in [0.15, 0.2) is 5.96 Å². The fraction of sp³-hybridized carbons (Fsp3) is 0.667. The summed E-state index contributed by atoms with van der Waals surface area (Å²) in [6.45, 7) is 8.78. The van der Waals surface area contributed by atoms with Crippen LogP contribution in [0.5, 0.6) is 0 Å². The normalized spacial score (nSPS) is 11.9. The van der Waals surface area contributed by atoms with Gasteiger partial charge in [-0.1, -0.05) is 6.92 Å². The monoisotopic (exact) mass is 297 g/mol. The molecule has 0 fully saturated rings. The molecular formula is C15H27N3OS. The van der Waals surface area contributed by atoms with Crippen molar-refractivity contribution in [2.45, 2.75) is 46.3 Å². The molecule has 2 N–H and O–H groups in total. The average molecular weight is 297 g/mol.